The zero-order valence-corrected chi connectivity index (χ0v) is 14.3. The number of aromatic nitrogens is 1. The van der Waals surface area contributed by atoms with E-state index in [0.29, 0.717) is 6.04 Å². The highest BCUT2D eigenvalue weighted by atomic mass is 15.3. The van der Waals surface area contributed by atoms with Gasteiger partial charge in [-0.1, -0.05) is 32.3 Å². The van der Waals surface area contributed by atoms with E-state index in [2.05, 4.69) is 46.1 Å². The van der Waals surface area contributed by atoms with Crippen LogP contribution in [0, 0.1) is 0 Å². The summed E-state index contributed by atoms with van der Waals surface area (Å²) in [6, 6.07) is 6.78. The minimum Gasteiger partial charge on any atom is -0.354 e. The lowest BCUT2D eigenvalue weighted by Crippen LogP contribution is -2.52. The average molecular weight is 304 g/mol. The summed E-state index contributed by atoms with van der Waals surface area (Å²) in [6.07, 6.45) is 7.24. The monoisotopic (exact) mass is 304 g/mol. The summed E-state index contributed by atoms with van der Waals surface area (Å²) in [4.78, 5) is 9.44. The summed E-state index contributed by atoms with van der Waals surface area (Å²) < 4.78 is 0. The van der Waals surface area contributed by atoms with Crippen molar-refractivity contribution >= 4 is 5.82 Å². The first-order valence-electron chi connectivity index (χ1n) is 8.92. The Labute approximate surface area is 135 Å². The Morgan fingerprint density at radius 3 is 2.64 bits per heavy atom. The molecule has 1 aromatic heterocycles. The van der Waals surface area contributed by atoms with E-state index in [1.807, 2.05) is 12.3 Å². The van der Waals surface area contributed by atoms with Gasteiger partial charge in [-0.05, 0) is 32.0 Å². The topological polar surface area (TPSA) is 31.4 Å². The molecular weight excluding hydrogens is 272 g/mol. The van der Waals surface area contributed by atoms with Gasteiger partial charge in [-0.2, -0.15) is 0 Å². The maximum Gasteiger partial charge on any atom is 0.128 e. The maximum absolute atomic E-state index is 4.45. The summed E-state index contributed by atoms with van der Waals surface area (Å²) >= 11 is 0. The fraction of sp³-hybridized carbons (Fsp3) is 0.722. The third-order valence-corrected chi connectivity index (χ3v) is 4.56. The van der Waals surface area contributed by atoms with Gasteiger partial charge in [-0.3, -0.25) is 4.90 Å². The zero-order valence-electron chi connectivity index (χ0n) is 14.3. The number of hydrogen-bond donors (Lipinski definition) is 1. The van der Waals surface area contributed by atoms with Crippen LogP contribution in [-0.2, 0) is 0 Å². The second-order valence-electron chi connectivity index (χ2n) is 6.32. The molecule has 2 rings (SSSR count). The van der Waals surface area contributed by atoms with Crippen LogP contribution in [-0.4, -0.2) is 55.2 Å². The number of rotatable bonds is 9. The number of nitrogens with one attached hydrogen (secondary N) is 1. The highest BCUT2D eigenvalue weighted by Crippen LogP contribution is 2.13. The van der Waals surface area contributed by atoms with Gasteiger partial charge in [0, 0.05) is 45.0 Å². The Morgan fingerprint density at radius 2 is 1.95 bits per heavy atom. The second kappa shape index (κ2) is 9.80. The lowest BCUT2D eigenvalue weighted by molar-refractivity contribution is 0.193. The molecule has 2 heterocycles. The summed E-state index contributed by atoms with van der Waals surface area (Å²) in [5.41, 5.74) is 0. The summed E-state index contributed by atoms with van der Waals surface area (Å²) in [6.45, 7) is 11.3. The second-order valence-corrected chi connectivity index (χ2v) is 6.32. The molecular formula is C18H32N4. The molecule has 0 saturated carbocycles. The number of pyridine rings is 1. The highest BCUT2D eigenvalue weighted by Gasteiger charge is 2.21. The average Bonchev–Trinajstić information content (AvgIpc) is 2.59. The minimum atomic E-state index is 0.622. The van der Waals surface area contributed by atoms with Gasteiger partial charge in [-0.15, -0.1) is 0 Å². The minimum absolute atomic E-state index is 0.622. The number of anilines is 1. The van der Waals surface area contributed by atoms with Crippen molar-refractivity contribution in [1.29, 1.82) is 0 Å². The van der Waals surface area contributed by atoms with Crippen LogP contribution in [0.1, 0.15) is 39.5 Å². The Hall–Kier alpha value is -1.13. The molecule has 1 unspecified atom stereocenters. The van der Waals surface area contributed by atoms with E-state index in [1.54, 1.807) is 0 Å². The van der Waals surface area contributed by atoms with Crippen LogP contribution in [0.4, 0.5) is 5.82 Å². The lowest BCUT2D eigenvalue weighted by Gasteiger charge is -2.38. The molecule has 0 radical (unpaired) electrons. The van der Waals surface area contributed by atoms with Gasteiger partial charge in [0.2, 0.25) is 0 Å². The van der Waals surface area contributed by atoms with Gasteiger partial charge in [0.15, 0.2) is 0 Å². The van der Waals surface area contributed by atoms with Crippen molar-refractivity contribution in [2.45, 2.75) is 45.6 Å². The van der Waals surface area contributed by atoms with Crippen molar-refractivity contribution in [3.05, 3.63) is 24.4 Å². The van der Waals surface area contributed by atoms with E-state index in [9.17, 15) is 0 Å². The summed E-state index contributed by atoms with van der Waals surface area (Å²) in [5.74, 6) is 1.11. The van der Waals surface area contributed by atoms with Gasteiger partial charge in [0.25, 0.3) is 0 Å². The van der Waals surface area contributed by atoms with Crippen LogP contribution in [0.2, 0.25) is 0 Å². The third kappa shape index (κ3) is 5.58. The van der Waals surface area contributed by atoms with Gasteiger partial charge < -0.3 is 10.2 Å². The van der Waals surface area contributed by atoms with Crippen LogP contribution in [0.5, 0.6) is 0 Å². The smallest absolute Gasteiger partial charge is 0.128 e. The highest BCUT2D eigenvalue weighted by molar-refractivity contribution is 5.38. The van der Waals surface area contributed by atoms with Crippen molar-refractivity contribution in [1.82, 2.24) is 15.2 Å². The van der Waals surface area contributed by atoms with Gasteiger partial charge in [-0.25, -0.2) is 4.98 Å². The maximum atomic E-state index is 4.45. The Bertz CT molecular complexity index is 387. The summed E-state index contributed by atoms with van der Waals surface area (Å²) in [7, 11) is 0. The predicted octanol–water partition coefficient (Wildman–Crippen LogP) is 2.76. The van der Waals surface area contributed by atoms with Crippen molar-refractivity contribution in [3.8, 4) is 0 Å². The fourth-order valence-corrected chi connectivity index (χ4v) is 3.05. The van der Waals surface area contributed by atoms with Gasteiger partial charge >= 0.3 is 0 Å². The molecule has 1 atom stereocenters. The van der Waals surface area contributed by atoms with E-state index < -0.39 is 0 Å². The number of nitrogens with zero attached hydrogens (tertiary/aromatic N) is 3. The number of hydrogen-bond acceptors (Lipinski definition) is 4. The molecule has 4 heteroatoms. The number of unbranched alkanes of at least 4 members (excludes halogenated alkanes) is 3. The van der Waals surface area contributed by atoms with E-state index in [1.165, 1.54) is 25.7 Å². The van der Waals surface area contributed by atoms with Crippen LogP contribution >= 0.6 is 0 Å². The van der Waals surface area contributed by atoms with Gasteiger partial charge in [0.05, 0.1) is 0 Å². The molecule has 0 amide bonds. The van der Waals surface area contributed by atoms with E-state index in [0.717, 1.165) is 45.1 Å². The molecule has 0 spiro atoms. The molecule has 1 aliphatic rings. The Balaban J connectivity index is 1.62. The first-order chi connectivity index (χ1) is 10.8. The van der Waals surface area contributed by atoms with E-state index in [4.69, 9.17) is 0 Å². The quantitative estimate of drug-likeness (QED) is 0.711. The van der Waals surface area contributed by atoms with E-state index in [-0.39, 0.29) is 0 Å². The molecule has 1 saturated heterocycles. The van der Waals surface area contributed by atoms with E-state index >= 15 is 0 Å². The normalized spacial score (nSPS) is 17.6. The zero-order chi connectivity index (χ0) is 15.6. The molecule has 0 aliphatic carbocycles. The Morgan fingerprint density at radius 1 is 1.14 bits per heavy atom. The SMILES string of the molecule is CCCCCCNCC(C)N1CCN(c2ccccn2)CC1. The molecule has 0 aromatic carbocycles. The summed E-state index contributed by atoms with van der Waals surface area (Å²) in [5, 5.41) is 3.62. The lowest BCUT2D eigenvalue weighted by atomic mass is 10.2. The first kappa shape index (κ1) is 17.2. The molecule has 22 heavy (non-hydrogen) atoms. The fourth-order valence-electron chi connectivity index (χ4n) is 3.05. The van der Waals surface area contributed by atoms with Crippen molar-refractivity contribution < 1.29 is 0 Å². The van der Waals surface area contributed by atoms with Crippen molar-refractivity contribution in [3.63, 3.8) is 0 Å². The standard InChI is InChI=1S/C18H32N4/c1-3-4-5-7-10-19-16-17(2)21-12-14-22(15-13-21)18-9-6-8-11-20-18/h6,8-9,11,17,19H,3-5,7,10,12-16H2,1-2H3. The van der Waals surface area contributed by atoms with Crippen LogP contribution in [0.25, 0.3) is 0 Å². The molecule has 1 aromatic rings. The molecule has 0 bridgehead atoms. The molecule has 1 fully saturated rings. The van der Waals surface area contributed by atoms with Crippen LogP contribution in [0.3, 0.4) is 0 Å². The van der Waals surface area contributed by atoms with Crippen LogP contribution in [0.15, 0.2) is 24.4 Å². The molecule has 1 N–H and O–H groups in total. The Kier molecular flexibility index (Phi) is 7.67. The predicted molar refractivity (Wildman–Crippen MR) is 94.5 cm³/mol. The number of piperazine rings is 1. The third-order valence-electron chi connectivity index (χ3n) is 4.56. The molecule has 4 nitrogen and oxygen atoms in total. The molecule has 124 valence electrons. The first-order valence-corrected chi connectivity index (χ1v) is 8.92. The van der Waals surface area contributed by atoms with Gasteiger partial charge in [0.1, 0.15) is 5.82 Å². The van der Waals surface area contributed by atoms with Crippen molar-refractivity contribution in [2.75, 3.05) is 44.2 Å². The van der Waals surface area contributed by atoms with Crippen LogP contribution < -0.4 is 10.2 Å². The van der Waals surface area contributed by atoms with Crippen molar-refractivity contribution in [2.24, 2.45) is 0 Å². The molecule has 1 aliphatic heterocycles. The largest absolute Gasteiger partial charge is 0.354 e.